The van der Waals surface area contributed by atoms with Crippen LogP contribution in [-0.4, -0.2) is 41.1 Å². The topological polar surface area (TPSA) is 76.6 Å². The number of nitrogens with zero attached hydrogens (tertiary/aromatic N) is 2. The highest BCUT2D eigenvalue weighted by molar-refractivity contribution is 7.71. The van der Waals surface area contributed by atoms with Crippen LogP contribution in [0, 0.1) is 4.77 Å². The van der Waals surface area contributed by atoms with Crippen molar-refractivity contribution in [2.45, 2.75) is 19.7 Å². The molecular formula is C22H21F2N3O4S. The summed E-state index contributed by atoms with van der Waals surface area (Å²) < 4.78 is 36.1. The number of H-pyrrole nitrogens is 1. The number of methoxy groups -OCH3 is 1. The maximum Gasteiger partial charge on any atom is 0.387 e. The highest BCUT2D eigenvalue weighted by Crippen LogP contribution is 2.30. The van der Waals surface area contributed by atoms with Crippen molar-refractivity contribution in [3.05, 3.63) is 75.3 Å². The smallest absolute Gasteiger partial charge is 0.387 e. The van der Waals surface area contributed by atoms with Gasteiger partial charge in [-0.3, -0.25) is 14.2 Å². The SMILES string of the molecule is C=CCn1c(=S)[nH]c2cc(C(=O)N(C)Cc3ccc(OC(F)F)c(OC)c3)ccc2c1=O. The van der Waals surface area contributed by atoms with Crippen molar-refractivity contribution in [2.75, 3.05) is 14.2 Å². The first-order valence-corrected chi connectivity index (χ1v) is 9.91. The molecule has 0 aliphatic rings. The summed E-state index contributed by atoms with van der Waals surface area (Å²) in [5.41, 5.74) is 1.20. The Hall–Kier alpha value is -3.53. The third-order valence-corrected chi connectivity index (χ3v) is 5.07. The Kier molecular flexibility index (Phi) is 7.04. The van der Waals surface area contributed by atoms with Gasteiger partial charge >= 0.3 is 6.61 Å². The number of aromatic nitrogens is 2. The molecule has 0 saturated carbocycles. The Balaban J connectivity index is 1.85. The molecular weight excluding hydrogens is 440 g/mol. The average Bonchev–Trinajstić information content (AvgIpc) is 2.76. The van der Waals surface area contributed by atoms with Crippen molar-refractivity contribution in [1.29, 1.82) is 0 Å². The van der Waals surface area contributed by atoms with E-state index in [2.05, 4.69) is 16.3 Å². The number of amides is 1. The summed E-state index contributed by atoms with van der Waals surface area (Å²) in [5, 5.41) is 0.402. The molecule has 0 unspecified atom stereocenters. The Morgan fingerprint density at radius 1 is 1.28 bits per heavy atom. The summed E-state index contributed by atoms with van der Waals surface area (Å²) in [6, 6.07) is 9.18. The minimum absolute atomic E-state index is 0.0906. The van der Waals surface area contributed by atoms with E-state index in [9.17, 15) is 18.4 Å². The number of ether oxygens (including phenoxy) is 2. The van der Waals surface area contributed by atoms with Crippen LogP contribution in [0.2, 0.25) is 0 Å². The summed E-state index contributed by atoms with van der Waals surface area (Å²) in [6.07, 6.45) is 1.57. The molecule has 1 amide bonds. The third-order valence-electron chi connectivity index (χ3n) is 4.75. The Morgan fingerprint density at radius 2 is 2.03 bits per heavy atom. The number of halogens is 2. The number of hydrogen-bond donors (Lipinski definition) is 1. The first kappa shape index (κ1) is 23.1. The molecule has 2 aromatic carbocycles. The predicted octanol–water partition coefficient (Wildman–Crippen LogP) is 4.13. The first-order valence-electron chi connectivity index (χ1n) is 9.50. The van der Waals surface area contributed by atoms with Gasteiger partial charge in [0.25, 0.3) is 11.5 Å². The van der Waals surface area contributed by atoms with E-state index in [1.165, 1.54) is 28.7 Å². The van der Waals surface area contributed by atoms with E-state index < -0.39 is 6.61 Å². The Morgan fingerprint density at radius 3 is 2.69 bits per heavy atom. The van der Waals surface area contributed by atoms with Crippen molar-refractivity contribution in [2.24, 2.45) is 0 Å². The number of fused-ring (bicyclic) bond motifs is 1. The molecule has 0 aliphatic carbocycles. The van der Waals surface area contributed by atoms with E-state index >= 15 is 0 Å². The average molecular weight is 461 g/mol. The van der Waals surface area contributed by atoms with E-state index in [1.54, 1.807) is 37.4 Å². The van der Waals surface area contributed by atoms with Gasteiger partial charge in [0.1, 0.15) is 0 Å². The van der Waals surface area contributed by atoms with Crippen molar-refractivity contribution in [3.8, 4) is 11.5 Å². The molecule has 32 heavy (non-hydrogen) atoms. The lowest BCUT2D eigenvalue weighted by atomic mass is 10.1. The van der Waals surface area contributed by atoms with Crippen LogP contribution in [0.5, 0.6) is 11.5 Å². The molecule has 0 radical (unpaired) electrons. The molecule has 168 valence electrons. The number of nitrogens with one attached hydrogen (secondary N) is 1. The summed E-state index contributed by atoms with van der Waals surface area (Å²) >= 11 is 5.24. The zero-order chi connectivity index (χ0) is 23.4. The lowest BCUT2D eigenvalue weighted by Crippen LogP contribution is -2.26. The molecule has 0 bridgehead atoms. The summed E-state index contributed by atoms with van der Waals surface area (Å²) in [7, 11) is 2.95. The third kappa shape index (κ3) is 4.86. The quantitative estimate of drug-likeness (QED) is 0.403. The second-order valence-corrected chi connectivity index (χ2v) is 7.31. The number of carbonyl (C=O) groups excluding carboxylic acids is 1. The van der Waals surface area contributed by atoms with Crippen LogP contribution in [0.15, 0.2) is 53.8 Å². The molecule has 3 aromatic rings. The van der Waals surface area contributed by atoms with Gasteiger partial charge < -0.3 is 19.4 Å². The van der Waals surface area contributed by atoms with Crippen LogP contribution >= 0.6 is 12.2 Å². The van der Waals surface area contributed by atoms with Gasteiger partial charge in [0.2, 0.25) is 0 Å². The molecule has 0 spiro atoms. The number of hydrogen-bond acceptors (Lipinski definition) is 5. The fourth-order valence-electron chi connectivity index (χ4n) is 3.25. The molecule has 0 aliphatic heterocycles. The zero-order valence-corrected chi connectivity index (χ0v) is 18.2. The van der Waals surface area contributed by atoms with E-state index in [1.807, 2.05) is 0 Å². The molecule has 0 fully saturated rings. The number of aromatic amines is 1. The lowest BCUT2D eigenvalue weighted by molar-refractivity contribution is -0.0512. The maximum atomic E-state index is 12.9. The fraction of sp³-hybridized carbons (Fsp3) is 0.227. The summed E-state index contributed by atoms with van der Waals surface area (Å²) in [4.78, 5) is 30.0. The second-order valence-electron chi connectivity index (χ2n) is 6.92. The Labute approximate surface area is 187 Å². The molecule has 3 rings (SSSR count). The van der Waals surface area contributed by atoms with E-state index in [-0.39, 0.29) is 40.8 Å². The highest BCUT2D eigenvalue weighted by Gasteiger charge is 2.16. The molecule has 0 atom stereocenters. The highest BCUT2D eigenvalue weighted by atomic mass is 32.1. The van der Waals surface area contributed by atoms with Crippen LogP contribution in [0.3, 0.4) is 0 Å². The van der Waals surface area contributed by atoms with Gasteiger partial charge in [-0.15, -0.1) is 6.58 Å². The van der Waals surface area contributed by atoms with Crippen LogP contribution in [-0.2, 0) is 13.1 Å². The van der Waals surface area contributed by atoms with Gasteiger partial charge in [-0.05, 0) is 48.1 Å². The van der Waals surface area contributed by atoms with Crippen LogP contribution < -0.4 is 15.0 Å². The van der Waals surface area contributed by atoms with Gasteiger partial charge in [0, 0.05) is 25.7 Å². The van der Waals surface area contributed by atoms with Gasteiger partial charge in [0.05, 0.1) is 18.0 Å². The monoisotopic (exact) mass is 461 g/mol. The maximum absolute atomic E-state index is 12.9. The lowest BCUT2D eigenvalue weighted by Gasteiger charge is -2.19. The van der Waals surface area contributed by atoms with E-state index in [0.29, 0.717) is 22.0 Å². The van der Waals surface area contributed by atoms with Crippen molar-refractivity contribution in [1.82, 2.24) is 14.5 Å². The largest absolute Gasteiger partial charge is 0.493 e. The summed E-state index contributed by atoms with van der Waals surface area (Å²) in [5.74, 6) is -0.252. The Bertz CT molecular complexity index is 1290. The standard InChI is InChI=1S/C22H21F2N3O4S/c1-4-9-27-20(29)15-7-6-14(11-16(15)25-22(27)32)19(28)26(2)12-13-5-8-17(31-21(23)24)18(10-13)30-3/h4-8,10-11,21H,1,9,12H2,2-3H3,(H,25,32). The predicted molar refractivity (Wildman–Crippen MR) is 119 cm³/mol. The summed E-state index contributed by atoms with van der Waals surface area (Å²) in [6.45, 7) is 1.12. The van der Waals surface area contributed by atoms with E-state index in [4.69, 9.17) is 17.0 Å². The molecule has 0 saturated heterocycles. The van der Waals surface area contributed by atoms with Gasteiger partial charge in [-0.2, -0.15) is 8.78 Å². The van der Waals surface area contributed by atoms with Gasteiger partial charge in [-0.25, -0.2) is 0 Å². The minimum Gasteiger partial charge on any atom is -0.493 e. The first-order chi connectivity index (χ1) is 15.2. The normalized spacial score (nSPS) is 10.9. The van der Waals surface area contributed by atoms with Gasteiger partial charge in [-0.1, -0.05) is 12.1 Å². The molecule has 7 nitrogen and oxygen atoms in total. The second kappa shape index (κ2) is 9.73. The molecule has 10 heteroatoms. The fourth-order valence-corrected chi connectivity index (χ4v) is 3.52. The minimum atomic E-state index is -2.97. The number of allylic oxidation sites excluding steroid dienone is 1. The van der Waals surface area contributed by atoms with Gasteiger partial charge in [0.15, 0.2) is 16.3 Å². The number of benzene rings is 2. The number of carbonyl (C=O) groups is 1. The molecule has 1 aromatic heterocycles. The van der Waals surface area contributed by atoms with Crippen LogP contribution in [0.1, 0.15) is 15.9 Å². The van der Waals surface area contributed by atoms with Crippen LogP contribution in [0.4, 0.5) is 8.78 Å². The van der Waals surface area contributed by atoms with Crippen molar-refractivity contribution in [3.63, 3.8) is 0 Å². The zero-order valence-electron chi connectivity index (χ0n) is 17.4. The molecule has 1 N–H and O–H groups in total. The number of alkyl halides is 2. The van der Waals surface area contributed by atoms with Crippen LogP contribution in [0.25, 0.3) is 10.9 Å². The molecule has 1 heterocycles. The van der Waals surface area contributed by atoms with Crippen molar-refractivity contribution >= 4 is 29.0 Å². The number of rotatable bonds is 8. The van der Waals surface area contributed by atoms with E-state index in [0.717, 1.165) is 0 Å². The van der Waals surface area contributed by atoms with Crippen molar-refractivity contribution < 1.29 is 23.0 Å².